The second kappa shape index (κ2) is 8.89. The predicted octanol–water partition coefficient (Wildman–Crippen LogP) is 3.59. The molecule has 0 aromatic heterocycles. The van der Waals surface area contributed by atoms with Crippen molar-refractivity contribution in [1.29, 1.82) is 0 Å². The van der Waals surface area contributed by atoms with Crippen molar-refractivity contribution in [2.45, 2.75) is 26.9 Å². The third-order valence-electron chi connectivity index (χ3n) is 3.81. The van der Waals surface area contributed by atoms with Crippen molar-refractivity contribution >= 4 is 17.6 Å². The van der Waals surface area contributed by atoms with E-state index in [0.29, 0.717) is 34.9 Å². The van der Waals surface area contributed by atoms with Gasteiger partial charge in [0.15, 0.2) is 6.10 Å². The van der Waals surface area contributed by atoms with Gasteiger partial charge in [0.1, 0.15) is 11.5 Å². The first-order valence-electron chi connectivity index (χ1n) is 8.34. The van der Waals surface area contributed by atoms with Crippen LogP contribution in [0.25, 0.3) is 0 Å². The molecule has 2 aromatic rings. The minimum atomic E-state index is -0.729. The Kier molecular flexibility index (Phi) is 6.60. The average Bonchev–Trinajstić information content (AvgIpc) is 2.63. The van der Waals surface area contributed by atoms with Gasteiger partial charge in [0.05, 0.1) is 19.3 Å². The average molecular weight is 357 g/mol. The van der Waals surface area contributed by atoms with Gasteiger partial charge in [-0.15, -0.1) is 0 Å². The molecule has 2 rings (SSSR count). The number of nitrogens with one attached hydrogen (secondary N) is 1. The maximum atomic E-state index is 12.4. The van der Waals surface area contributed by atoms with Crippen molar-refractivity contribution in [3.8, 4) is 11.5 Å². The molecule has 0 saturated carbocycles. The highest BCUT2D eigenvalue weighted by atomic mass is 16.5. The zero-order valence-corrected chi connectivity index (χ0v) is 15.4. The highest BCUT2D eigenvalue weighted by molar-refractivity contribution is 5.98. The SMILES string of the molecule is CCOC(=O)c1cccc(NC(=O)C(C)Oc2cccc(OC)c2)c1C. The van der Waals surface area contributed by atoms with Crippen LogP contribution in [-0.2, 0) is 9.53 Å². The number of ether oxygens (including phenoxy) is 3. The Bertz CT molecular complexity index is 788. The molecule has 6 nitrogen and oxygen atoms in total. The first-order chi connectivity index (χ1) is 12.5. The summed E-state index contributed by atoms with van der Waals surface area (Å²) in [5, 5.41) is 2.79. The van der Waals surface area contributed by atoms with Crippen LogP contribution in [0, 0.1) is 6.92 Å². The van der Waals surface area contributed by atoms with Crippen molar-refractivity contribution in [2.24, 2.45) is 0 Å². The third kappa shape index (κ3) is 4.75. The normalized spacial score (nSPS) is 11.4. The molecule has 2 aromatic carbocycles. The molecule has 26 heavy (non-hydrogen) atoms. The number of carbonyl (C=O) groups is 2. The lowest BCUT2D eigenvalue weighted by Gasteiger charge is -2.17. The molecule has 0 fully saturated rings. The Hall–Kier alpha value is -3.02. The minimum Gasteiger partial charge on any atom is -0.497 e. The molecule has 0 saturated heterocycles. The fourth-order valence-corrected chi connectivity index (χ4v) is 2.37. The number of methoxy groups -OCH3 is 1. The van der Waals surface area contributed by atoms with Crippen LogP contribution in [0.2, 0.25) is 0 Å². The van der Waals surface area contributed by atoms with Gasteiger partial charge >= 0.3 is 5.97 Å². The molecule has 0 aliphatic rings. The second-order valence-electron chi connectivity index (χ2n) is 5.63. The fourth-order valence-electron chi connectivity index (χ4n) is 2.37. The molecular weight excluding hydrogens is 334 g/mol. The molecular formula is C20H23NO5. The van der Waals surface area contributed by atoms with E-state index in [1.807, 2.05) is 0 Å². The number of hydrogen-bond acceptors (Lipinski definition) is 5. The molecule has 6 heteroatoms. The second-order valence-corrected chi connectivity index (χ2v) is 5.63. The van der Waals surface area contributed by atoms with E-state index in [1.54, 1.807) is 70.3 Å². The third-order valence-corrected chi connectivity index (χ3v) is 3.81. The first-order valence-corrected chi connectivity index (χ1v) is 8.34. The zero-order valence-electron chi connectivity index (χ0n) is 15.4. The van der Waals surface area contributed by atoms with E-state index in [2.05, 4.69) is 5.32 Å². The Morgan fingerprint density at radius 3 is 2.50 bits per heavy atom. The summed E-state index contributed by atoms with van der Waals surface area (Å²) in [7, 11) is 1.56. The highest BCUT2D eigenvalue weighted by Gasteiger charge is 2.18. The van der Waals surface area contributed by atoms with Crippen molar-refractivity contribution < 1.29 is 23.8 Å². The minimum absolute atomic E-state index is 0.292. The fraction of sp³-hybridized carbons (Fsp3) is 0.300. The number of rotatable bonds is 7. The lowest BCUT2D eigenvalue weighted by Crippen LogP contribution is -2.30. The van der Waals surface area contributed by atoms with Crippen LogP contribution in [-0.4, -0.2) is 31.7 Å². The molecule has 0 bridgehead atoms. The van der Waals surface area contributed by atoms with E-state index in [1.165, 1.54) is 0 Å². The van der Waals surface area contributed by atoms with Gasteiger partial charge in [-0.25, -0.2) is 4.79 Å². The van der Waals surface area contributed by atoms with Gasteiger partial charge in [-0.2, -0.15) is 0 Å². The summed E-state index contributed by atoms with van der Waals surface area (Å²) >= 11 is 0. The molecule has 0 radical (unpaired) electrons. The molecule has 1 unspecified atom stereocenters. The molecule has 1 atom stereocenters. The lowest BCUT2D eigenvalue weighted by atomic mass is 10.1. The number of esters is 1. The van der Waals surface area contributed by atoms with Gasteiger partial charge in [-0.1, -0.05) is 12.1 Å². The Morgan fingerprint density at radius 2 is 1.81 bits per heavy atom. The van der Waals surface area contributed by atoms with Crippen molar-refractivity contribution in [3.05, 3.63) is 53.6 Å². The Morgan fingerprint density at radius 1 is 1.12 bits per heavy atom. The van der Waals surface area contributed by atoms with Crippen LogP contribution in [0.3, 0.4) is 0 Å². The largest absolute Gasteiger partial charge is 0.497 e. The number of hydrogen-bond donors (Lipinski definition) is 1. The van der Waals surface area contributed by atoms with Crippen LogP contribution in [0.5, 0.6) is 11.5 Å². The Labute approximate surface area is 153 Å². The summed E-state index contributed by atoms with van der Waals surface area (Å²) in [6.45, 7) is 5.45. The number of carbonyl (C=O) groups excluding carboxylic acids is 2. The summed E-state index contributed by atoms with van der Waals surface area (Å²) in [5.41, 5.74) is 1.61. The van der Waals surface area contributed by atoms with E-state index >= 15 is 0 Å². The van der Waals surface area contributed by atoms with Gasteiger partial charge in [0.25, 0.3) is 5.91 Å². The van der Waals surface area contributed by atoms with E-state index in [9.17, 15) is 9.59 Å². The van der Waals surface area contributed by atoms with E-state index in [-0.39, 0.29) is 5.91 Å². The highest BCUT2D eigenvalue weighted by Crippen LogP contribution is 2.22. The lowest BCUT2D eigenvalue weighted by molar-refractivity contribution is -0.122. The van der Waals surface area contributed by atoms with E-state index in [4.69, 9.17) is 14.2 Å². The van der Waals surface area contributed by atoms with Crippen LogP contribution < -0.4 is 14.8 Å². The zero-order chi connectivity index (χ0) is 19.1. The number of benzene rings is 2. The van der Waals surface area contributed by atoms with Crippen LogP contribution in [0.4, 0.5) is 5.69 Å². The van der Waals surface area contributed by atoms with Gasteiger partial charge in [0.2, 0.25) is 0 Å². The predicted molar refractivity (Wildman–Crippen MR) is 98.8 cm³/mol. The molecule has 0 aliphatic carbocycles. The first kappa shape index (κ1) is 19.3. The molecule has 0 aliphatic heterocycles. The van der Waals surface area contributed by atoms with Crippen molar-refractivity contribution in [3.63, 3.8) is 0 Å². The molecule has 138 valence electrons. The topological polar surface area (TPSA) is 73.9 Å². The van der Waals surface area contributed by atoms with Crippen LogP contribution in [0.15, 0.2) is 42.5 Å². The molecule has 1 N–H and O–H groups in total. The maximum absolute atomic E-state index is 12.4. The summed E-state index contributed by atoms with van der Waals surface area (Å²) < 4.78 is 15.8. The van der Waals surface area contributed by atoms with Crippen LogP contribution >= 0.6 is 0 Å². The van der Waals surface area contributed by atoms with Crippen molar-refractivity contribution in [2.75, 3.05) is 19.0 Å². The number of amides is 1. The quantitative estimate of drug-likeness (QED) is 0.767. The molecule has 0 heterocycles. The standard InChI is InChI=1S/C20H23NO5/c1-5-25-20(23)17-10-7-11-18(13(17)2)21-19(22)14(3)26-16-9-6-8-15(12-16)24-4/h6-12,14H,5H2,1-4H3,(H,21,22). The summed E-state index contributed by atoms with van der Waals surface area (Å²) in [6.07, 6.45) is -0.729. The van der Waals surface area contributed by atoms with Gasteiger partial charge in [-0.05, 0) is 50.6 Å². The van der Waals surface area contributed by atoms with E-state index < -0.39 is 12.1 Å². The summed E-state index contributed by atoms with van der Waals surface area (Å²) in [4.78, 5) is 24.4. The molecule has 1 amide bonds. The number of anilines is 1. The summed E-state index contributed by atoms with van der Waals surface area (Å²) in [6, 6.07) is 12.1. The van der Waals surface area contributed by atoms with Crippen LogP contribution in [0.1, 0.15) is 29.8 Å². The maximum Gasteiger partial charge on any atom is 0.338 e. The van der Waals surface area contributed by atoms with Gasteiger partial charge in [0, 0.05) is 11.8 Å². The van der Waals surface area contributed by atoms with Gasteiger partial charge in [-0.3, -0.25) is 4.79 Å². The molecule has 0 spiro atoms. The summed E-state index contributed by atoms with van der Waals surface area (Å²) in [5.74, 6) is 0.441. The monoisotopic (exact) mass is 357 g/mol. The van der Waals surface area contributed by atoms with Gasteiger partial charge < -0.3 is 19.5 Å². The van der Waals surface area contributed by atoms with Crippen molar-refractivity contribution in [1.82, 2.24) is 0 Å². The van der Waals surface area contributed by atoms with E-state index in [0.717, 1.165) is 0 Å². The smallest absolute Gasteiger partial charge is 0.338 e. The Balaban J connectivity index is 2.09.